The summed E-state index contributed by atoms with van der Waals surface area (Å²) in [6.07, 6.45) is 4.85. The van der Waals surface area contributed by atoms with Crippen molar-refractivity contribution in [1.29, 1.82) is 0 Å². The fourth-order valence-electron chi connectivity index (χ4n) is 4.44. The van der Waals surface area contributed by atoms with Crippen LogP contribution in [-0.4, -0.2) is 64.2 Å². The van der Waals surface area contributed by atoms with E-state index in [0.717, 1.165) is 44.7 Å². The number of nitrogens with zero attached hydrogens (tertiary/aromatic N) is 4. The Morgan fingerprint density at radius 2 is 1.72 bits per heavy atom. The molecule has 6 heteroatoms. The molecule has 3 heterocycles. The molecule has 1 saturated heterocycles. The Kier molecular flexibility index (Phi) is 5.90. The zero-order chi connectivity index (χ0) is 20.2. The van der Waals surface area contributed by atoms with E-state index in [9.17, 15) is 9.59 Å². The molecule has 29 heavy (non-hydrogen) atoms. The molecule has 2 amide bonds. The Balaban J connectivity index is 1.38. The minimum absolute atomic E-state index is 0.0412. The maximum atomic E-state index is 13.1. The first kappa shape index (κ1) is 19.6. The van der Waals surface area contributed by atoms with E-state index >= 15 is 0 Å². The van der Waals surface area contributed by atoms with Crippen LogP contribution in [-0.2, 0) is 22.6 Å². The zero-order valence-corrected chi connectivity index (χ0v) is 17.0. The van der Waals surface area contributed by atoms with Gasteiger partial charge in [-0.15, -0.1) is 0 Å². The normalized spacial score (nSPS) is 19.7. The number of pyridine rings is 1. The van der Waals surface area contributed by atoms with Crippen molar-refractivity contribution in [1.82, 2.24) is 19.7 Å². The lowest BCUT2D eigenvalue weighted by atomic mass is 9.90. The van der Waals surface area contributed by atoms with Gasteiger partial charge in [-0.05, 0) is 35.2 Å². The van der Waals surface area contributed by atoms with Gasteiger partial charge in [0.25, 0.3) is 0 Å². The van der Waals surface area contributed by atoms with Gasteiger partial charge in [-0.2, -0.15) is 0 Å². The quantitative estimate of drug-likeness (QED) is 0.801. The molecule has 152 valence electrons. The number of hydrogen-bond donors (Lipinski definition) is 0. The van der Waals surface area contributed by atoms with Crippen molar-refractivity contribution in [2.45, 2.75) is 32.4 Å². The van der Waals surface area contributed by atoms with Crippen molar-refractivity contribution in [3.63, 3.8) is 0 Å². The van der Waals surface area contributed by atoms with Gasteiger partial charge in [0, 0.05) is 58.6 Å². The third-order valence-corrected chi connectivity index (χ3v) is 6.07. The van der Waals surface area contributed by atoms with Gasteiger partial charge in [-0.3, -0.25) is 19.5 Å². The molecule has 1 fully saturated rings. The molecule has 2 aromatic rings. The molecule has 0 saturated carbocycles. The molecule has 1 aromatic carbocycles. The second-order valence-corrected chi connectivity index (χ2v) is 7.89. The summed E-state index contributed by atoms with van der Waals surface area (Å²) in [6.45, 7) is 6.38. The Hall–Kier alpha value is -2.73. The average molecular weight is 393 g/mol. The minimum Gasteiger partial charge on any atom is -0.340 e. The number of fused-ring (bicyclic) bond motifs is 1. The standard InChI is InChI=1S/C23H28N4O2/c1-18(28)27-11-8-20-4-2-3-5-21(20)22(27)16-23(29)26-14-12-25(13-15-26)17-19-6-9-24-10-7-19/h2-7,9-10,22H,8,11-17H2,1H3. The van der Waals surface area contributed by atoms with Crippen molar-refractivity contribution in [3.8, 4) is 0 Å². The van der Waals surface area contributed by atoms with Gasteiger partial charge in [0.05, 0.1) is 12.5 Å². The van der Waals surface area contributed by atoms with Crippen LogP contribution in [0.25, 0.3) is 0 Å². The summed E-state index contributed by atoms with van der Waals surface area (Å²) in [6, 6.07) is 12.1. The van der Waals surface area contributed by atoms with Crippen molar-refractivity contribution < 1.29 is 9.59 Å². The first-order valence-electron chi connectivity index (χ1n) is 10.4. The SMILES string of the molecule is CC(=O)N1CCc2ccccc2C1CC(=O)N1CCN(Cc2ccncc2)CC1. The fourth-order valence-corrected chi connectivity index (χ4v) is 4.44. The van der Waals surface area contributed by atoms with Crippen LogP contribution in [0.1, 0.15) is 36.1 Å². The van der Waals surface area contributed by atoms with Crippen molar-refractivity contribution in [3.05, 3.63) is 65.5 Å². The number of rotatable bonds is 4. The molecule has 0 bridgehead atoms. The minimum atomic E-state index is -0.153. The predicted octanol–water partition coefficient (Wildman–Crippen LogP) is 2.26. The van der Waals surface area contributed by atoms with Crippen LogP contribution in [0.2, 0.25) is 0 Å². The van der Waals surface area contributed by atoms with Crippen LogP contribution >= 0.6 is 0 Å². The lowest BCUT2D eigenvalue weighted by molar-refractivity contribution is -0.137. The van der Waals surface area contributed by atoms with Crippen LogP contribution in [0.5, 0.6) is 0 Å². The van der Waals surface area contributed by atoms with Gasteiger partial charge in [-0.25, -0.2) is 0 Å². The van der Waals surface area contributed by atoms with Gasteiger partial charge in [-0.1, -0.05) is 24.3 Å². The van der Waals surface area contributed by atoms with E-state index in [1.807, 2.05) is 46.5 Å². The van der Waals surface area contributed by atoms with E-state index in [1.54, 1.807) is 6.92 Å². The molecular weight excluding hydrogens is 364 g/mol. The monoisotopic (exact) mass is 392 g/mol. The molecule has 2 aliphatic rings. The number of amides is 2. The molecule has 0 spiro atoms. The van der Waals surface area contributed by atoms with Crippen LogP contribution in [0.15, 0.2) is 48.8 Å². The highest BCUT2D eigenvalue weighted by molar-refractivity contribution is 5.80. The average Bonchev–Trinajstić information content (AvgIpc) is 2.75. The van der Waals surface area contributed by atoms with Crippen molar-refractivity contribution in [2.75, 3.05) is 32.7 Å². The molecule has 1 unspecified atom stereocenters. The summed E-state index contributed by atoms with van der Waals surface area (Å²) in [4.78, 5) is 35.5. The highest BCUT2D eigenvalue weighted by Crippen LogP contribution is 2.32. The summed E-state index contributed by atoms with van der Waals surface area (Å²) in [5.74, 6) is 0.181. The van der Waals surface area contributed by atoms with E-state index in [1.165, 1.54) is 11.1 Å². The Morgan fingerprint density at radius 3 is 2.45 bits per heavy atom. The third-order valence-electron chi connectivity index (χ3n) is 6.07. The number of piperazine rings is 1. The number of hydrogen-bond acceptors (Lipinski definition) is 4. The van der Waals surface area contributed by atoms with Crippen molar-refractivity contribution >= 4 is 11.8 Å². The zero-order valence-electron chi connectivity index (χ0n) is 17.0. The van der Waals surface area contributed by atoms with Gasteiger partial charge in [0.1, 0.15) is 0 Å². The topological polar surface area (TPSA) is 56.8 Å². The highest BCUT2D eigenvalue weighted by Gasteiger charge is 2.32. The van der Waals surface area contributed by atoms with Crippen LogP contribution in [0.3, 0.4) is 0 Å². The first-order chi connectivity index (χ1) is 14.1. The maximum Gasteiger partial charge on any atom is 0.225 e. The van der Waals surface area contributed by atoms with Gasteiger partial charge >= 0.3 is 0 Å². The summed E-state index contributed by atoms with van der Waals surface area (Å²) >= 11 is 0. The highest BCUT2D eigenvalue weighted by atomic mass is 16.2. The Bertz CT molecular complexity index is 862. The van der Waals surface area contributed by atoms with E-state index in [-0.39, 0.29) is 17.9 Å². The molecule has 0 radical (unpaired) electrons. The lowest BCUT2D eigenvalue weighted by Gasteiger charge is -2.39. The van der Waals surface area contributed by atoms with Crippen LogP contribution in [0, 0.1) is 0 Å². The third kappa shape index (κ3) is 4.48. The second-order valence-electron chi connectivity index (χ2n) is 7.89. The number of aromatic nitrogens is 1. The first-order valence-corrected chi connectivity index (χ1v) is 10.4. The van der Waals surface area contributed by atoms with Gasteiger partial charge in [0.2, 0.25) is 11.8 Å². The van der Waals surface area contributed by atoms with E-state index in [4.69, 9.17) is 0 Å². The maximum absolute atomic E-state index is 13.1. The Labute approximate surface area is 172 Å². The molecule has 0 N–H and O–H groups in total. The molecule has 0 aliphatic carbocycles. The van der Waals surface area contributed by atoms with E-state index < -0.39 is 0 Å². The van der Waals surface area contributed by atoms with Crippen LogP contribution in [0.4, 0.5) is 0 Å². The predicted molar refractivity (Wildman–Crippen MR) is 111 cm³/mol. The van der Waals surface area contributed by atoms with E-state index in [2.05, 4.69) is 22.0 Å². The summed E-state index contributed by atoms with van der Waals surface area (Å²) in [5, 5.41) is 0. The molecule has 6 nitrogen and oxygen atoms in total. The summed E-state index contributed by atoms with van der Waals surface area (Å²) in [7, 11) is 0. The molecular formula is C23H28N4O2. The molecule has 1 aromatic heterocycles. The second kappa shape index (κ2) is 8.74. The molecule has 4 rings (SSSR count). The van der Waals surface area contributed by atoms with E-state index in [0.29, 0.717) is 13.0 Å². The summed E-state index contributed by atoms with van der Waals surface area (Å²) in [5.41, 5.74) is 3.62. The number of carbonyl (C=O) groups is 2. The molecule has 1 atom stereocenters. The van der Waals surface area contributed by atoms with Gasteiger partial charge in [0.15, 0.2) is 0 Å². The lowest BCUT2D eigenvalue weighted by Crippen LogP contribution is -2.49. The fraction of sp³-hybridized carbons (Fsp3) is 0.435. The molecule has 2 aliphatic heterocycles. The van der Waals surface area contributed by atoms with Crippen LogP contribution < -0.4 is 0 Å². The summed E-state index contributed by atoms with van der Waals surface area (Å²) < 4.78 is 0. The van der Waals surface area contributed by atoms with Gasteiger partial charge < -0.3 is 9.80 Å². The Morgan fingerprint density at radius 1 is 1.00 bits per heavy atom. The largest absolute Gasteiger partial charge is 0.340 e. The smallest absolute Gasteiger partial charge is 0.225 e. The number of benzene rings is 1. The number of carbonyl (C=O) groups excluding carboxylic acids is 2. The van der Waals surface area contributed by atoms with Crippen molar-refractivity contribution in [2.24, 2.45) is 0 Å².